The highest BCUT2D eigenvalue weighted by molar-refractivity contribution is 6.16. The highest BCUT2D eigenvalue weighted by Crippen LogP contribution is 2.29. The predicted molar refractivity (Wildman–Crippen MR) is 143 cm³/mol. The third-order valence-corrected chi connectivity index (χ3v) is 4.31. The fourth-order valence-electron chi connectivity index (χ4n) is 2.62. The summed E-state index contributed by atoms with van der Waals surface area (Å²) in [6, 6.07) is 1.90. The SMILES string of the molecule is C=C/N=C(/N/C(=C(\C=N)C(=C)NC1=C/C(C#N)=C/N/N=C\C=N/N=C\1)C(F)(F)F)C(/C=C\C)=C(C)C=C. The molecule has 0 bridgehead atoms. The standard InChI is InChI=1S/C25H26F3N9/c1-6-9-21(17(4)7-2)24(31-8-3)37-23(25(26,27)28)22(14-30)18(5)36-20-12-19(13-29)15-34-32-10-11-33-35-16-20/h6-12,14-16,30,34,36H,2-3,5H2,1,4H3,(H,31,37)/b9-6-,19-15-,20-12+,21-17?,23-22+,30-14?,32-10-,33-11-,35-16-. The molecule has 12 heteroatoms. The second kappa shape index (κ2) is 15.0. The number of aliphatic imine (C=N–C) groups is 1. The minimum Gasteiger partial charge on any atom is -0.354 e. The maximum absolute atomic E-state index is 14.2. The van der Waals surface area contributed by atoms with Crippen LogP contribution in [0.15, 0.2) is 116 Å². The number of nitrogens with one attached hydrogen (secondary N) is 4. The zero-order valence-corrected chi connectivity index (χ0v) is 20.3. The molecule has 4 N–H and O–H groups in total. The molecule has 0 aromatic rings. The Morgan fingerprint density at radius 3 is 2.54 bits per heavy atom. The number of rotatable bonds is 9. The molecule has 0 fully saturated rings. The molecule has 1 aliphatic heterocycles. The summed E-state index contributed by atoms with van der Waals surface area (Å²) in [5, 5.41) is 33.2. The maximum Gasteiger partial charge on any atom is 0.432 e. The Balaban J connectivity index is 3.66. The van der Waals surface area contributed by atoms with Crippen molar-refractivity contribution < 1.29 is 13.2 Å². The molecule has 1 aliphatic rings. The van der Waals surface area contributed by atoms with Crippen LogP contribution in [0.3, 0.4) is 0 Å². The van der Waals surface area contributed by atoms with Crippen LogP contribution in [0, 0.1) is 16.7 Å². The Hall–Kier alpha value is -5.05. The van der Waals surface area contributed by atoms with E-state index < -0.39 is 17.4 Å². The van der Waals surface area contributed by atoms with Crippen molar-refractivity contribution in [3.63, 3.8) is 0 Å². The van der Waals surface area contributed by atoms with Gasteiger partial charge in [0.05, 0.1) is 29.9 Å². The summed E-state index contributed by atoms with van der Waals surface area (Å²) in [4.78, 5) is 3.97. The molecular formula is C25H26F3N9. The fourth-order valence-corrected chi connectivity index (χ4v) is 2.62. The number of hydrogen-bond donors (Lipinski definition) is 4. The average Bonchev–Trinajstić information content (AvgIpc) is 2.90. The molecule has 0 aromatic carbocycles. The summed E-state index contributed by atoms with van der Waals surface area (Å²) in [7, 11) is 0. The second-order valence-electron chi connectivity index (χ2n) is 6.85. The molecule has 0 spiro atoms. The molecule has 0 radical (unpaired) electrons. The lowest BCUT2D eigenvalue weighted by atomic mass is 10.1. The lowest BCUT2D eigenvalue weighted by molar-refractivity contribution is -0.0952. The van der Waals surface area contributed by atoms with E-state index in [4.69, 9.17) is 5.41 Å². The largest absolute Gasteiger partial charge is 0.432 e. The fraction of sp³-hybridized carbons (Fsp3) is 0.120. The van der Waals surface area contributed by atoms with Crippen LogP contribution in [0.2, 0.25) is 0 Å². The number of allylic oxidation sites excluding steroid dienone is 8. The first-order valence-corrected chi connectivity index (χ1v) is 10.5. The maximum atomic E-state index is 14.2. The zero-order chi connectivity index (χ0) is 27.8. The van der Waals surface area contributed by atoms with Gasteiger partial charge in [0.25, 0.3) is 0 Å². The lowest BCUT2D eigenvalue weighted by Crippen LogP contribution is -2.35. The van der Waals surface area contributed by atoms with Crippen LogP contribution in [0.5, 0.6) is 0 Å². The van der Waals surface area contributed by atoms with E-state index >= 15 is 0 Å². The second-order valence-corrected chi connectivity index (χ2v) is 6.85. The summed E-state index contributed by atoms with van der Waals surface area (Å²) in [5.74, 6) is -0.171. The van der Waals surface area contributed by atoms with Gasteiger partial charge in [-0.1, -0.05) is 38.0 Å². The lowest BCUT2D eigenvalue weighted by Gasteiger charge is -2.21. The van der Waals surface area contributed by atoms with E-state index in [2.05, 4.69) is 56.1 Å². The average molecular weight is 510 g/mol. The number of alkyl halides is 3. The number of nitriles is 1. The van der Waals surface area contributed by atoms with Crippen molar-refractivity contribution in [3.05, 3.63) is 95.8 Å². The van der Waals surface area contributed by atoms with E-state index in [1.165, 1.54) is 37.0 Å². The van der Waals surface area contributed by atoms with Gasteiger partial charge in [0.2, 0.25) is 0 Å². The van der Waals surface area contributed by atoms with Crippen molar-refractivity contribution >= 4 is 30.7 Å². The summed E-state index contributed by atoms with van der Waals surface area (Å²) < 4.78 is 42.7. The van der Waals surface area contributed by atoms with Gasteiger partial charge in [0.1, 0.15) is 17.6 Å². The van der Waals surface area contributed by atoms with Gasteiger partial charge in [0, 0.05) is 35.5 Å². The number of halogens is 3. The molecule has 0 saturated heterocycles. The normalized spacial score (nSPS) is 21.0. The molecule has 9 nitrogen and oxygen atoms in total. The summed E-state index contributed by atoms with van der Waals surface area (Å²) in [6.07, 6.45) is 7.55. The third kappa shape index (κ3) is 9.61. The Morgan fingerprint density at radius 2 is 1.97 bits per heavy atom. The number of amidine groups is 1. The summed E-state index contributed by atoms with van der Waals surface area (Å²) >= 11 is 0. The van der Waals surface area contributed by atoms with Gasteiger partial charge in [-0.15, -0.1) is 0 Å². The molecule has 37 heavy (non-hydrogen) atoms. The number of nitrogens with zero attached hydrogens (tertiary/aromatic N) is 5. The first-order chi connectivity index (χ1) is 17.6. The van der Waals surface area contributed by atoms with Crippen LogP contribution in [0.4, 0.5) is 13.2 Å². The third-order valence-electron chi connectivity index (χ3n) is 4.31. The Morgan fingerprint density at radius 1 is 1.24 bits per heavy atom. The minimum absolute atomic E-state index is 0.0662. The molecule has 1 rings (SSSR count). The van der Waals surface area contributed by atoms with Crippen molar-refractivity contribution in [2.75, 3.05) is 0 Å². The molecule has 0 aromatic heterocycles. The van der Waals surface area contributed by atoms with Crippen molar-refractivity contribution in [2.45, 2.75) is 20.0 Å². The molecule has 192 valence electrons. The first kappa shape index (κ1) is 30.0. The van der Waals surface area contributed by atoms with E-state index in [-0.39, 0.29) is 22.8 Å². The van der Waals surface area contributed by atoms with Gasteiger partial charge in [-0.25, -0.2) is 4.99 Å². The van der Waals surface area contributed by atoms with Crippen LogP contribution in [0.1, 0.15) is 13.8 Å². The van der Waals surface area contributed by atoms with E-state index in [9.17, 15) is 18.4 Å². The Bertz CT molecular complexity index is 1230. The first-order valence-electron chi connectivity index (χ1n) is 10.5. The van der Waals surface area contributed by atoms with Crippen molar-refractivity contribution in [3.8, 4) is 6.07 Å². The van der Waals surface area contributed by atoms with Gasteiger partial charge in [0.15, 0.2) is 0 Å². The Kier molecular flexibility index (Phi) is 12.2. The van der Waals surface area contributed by atoms with Gasteiger partial charge >= 0.3 is 6.18 Å². The summed E-state index contributed by atoms with van der Waals surface area (Å²) in [6.45, 7) is 14.2. The van der Waals surface area contributed by atoms with Gasteiger partial charge in [-0.2, -0.15) is 33.7 Å². The van der Waals surface area contributed by atoms with Crippen molar-refractivity contribution in [1.82, 2.24) is 16.1 Å². The van der Waals surface area contributed by atoms with E-state index in [1.54, 1.807) is 26.0 Å². The topological polar surface area (TPSA) is 133 Å². The van der Waals surface area contributed by atoms with E-state index in [0.717, 1.165) is 6.20 Å². The van der Waals surface area contributed by atoms with Crippen LogP contribution in [0.25, 0.3) is 0 Å². The van der Waals surface area contributed by atoms with Gasteiger partial charge in [-0.05, 0) is 25.5 Å². The highest BCUT2D eigenvalue weighted by atomic mass is 19.4. The van der Waals surface area contributed by atoms with Crippen LogP contribution >= 0.6 is 0 Å². The molecule has 0 saturated carbocycles. The van der Waals surface area contributed by atoms with E-state index in [0.29, 0.717) is 17.4 Å². The van der Waals surface area contributed by atoms with Gasteiger partial charge in [-0.3, -0.25) is 5.43 Å². The predicted octanol–water partition coefficient (Wildman–Crippen LogP) is 4.70. The summed E-state index contributed by atoms with van der Waals surface area (Å²) in [5.41, 5.74) is 1.26. The number of hydrazone groups is 1. The Labute approximate surface area is 213 Å². The molecule has 0 atom stereocenters. The zero-order valence-electron chi connectivity index (χ0n) is 20.3. The molecule has 0 unspecified atom stereocenters. The molecule has 1 heterocycles. The van der Waals surface area contributed by atoms with Crippen LogP contribution in [-0.4, -0.2) is 36.9 Å². The monoisotopic (exact) mass is 509 g/mol. The van der Waals surface area contributed by atoms with Crippen LogP contribution in [-0.2, 0) is 0 Å². The van der Waals surface area contributed by atoms with Crippen molar-refractivity contribution in [1.29, 1.82) is 10.7 Å². The molecular weight excluding hydrogens is 483 g/mol. The van der Waals surface area contributed by atoms with Crippen molar-refractivity contribution in [2.24, 2.45) is 20.3 Å². The minimum atomic E-state index is -4.94. The molecule has 0 aliphatic carbocycles. The number of hydrogen-bond acceptors (Lipinski definition) is 8. The quantitative estimate of drug-likeness (QED) is 0.204. The van der Waals surface area contributed by atoms with Gasteiger partial charge < -0.3 is 16.0 Å². The highest BCUT2D eigenvalue weighted by Gasteiger charge is 2.38. The van der Waals surface area contributed by atoms with E-state index in [1.807, 2.05) is 6.07 Å². The molecule has 0 amide bonds. The smallest absolute Gasteiger partial charge is 0.354 e. The van der Waals surface area contributed by atoms with Crippen LogP contribution < -0.4 is 16.1 Å².